The van der Waals surface area contributed by atoms with Gasteiger partial charge >= 0.3 is 0 Å². The Morgan fingerprint density at radius 1 is 0.350 bits per heavy atom. The summed E-state index contributed by atoms with van der Waals surface area (Å²) in [7, 11) is 0. The van der Waals surface area contributed by atoms with Crippen molar-refractivity contribution in [2.24, 2.45) is 0 Å². The van der Waals surface area contributed by atoms with E-state index in [4.69, 9.17) is 4.74 Å². The summed E-state index contributed by atoms with van der Waals surface area (Å²) < 4.78 is 9.67. The van der Waals surface area contributed by atoms with Gasteiger partial charge in [-0.1, -0.05) is 127 Å². The van der Waals surface area contributed by atoms with Crippen molar-refractivity contribution in [2.45, 2.75) is 0 Å². The number of aromatic nitrogens is 1. The van der Waals surface area contributed by atoms with Gasteiger partial charge in [0.25, 0.3) is 13.4 Å². The maximum Gasteiger partial charge on any atom is 0.256 e. The molecule has 0 unspecified atom stereocenters. The molecule has 5 heterocycles. The van der Waals surface area contributed by atoms with E-state index in [0.717, 1.165) is 39.7 Å². The number of fused-ring (bicyclic) bond motifs is 13. The zero-order valence-corrected chi connectivity index (χ0v) is 32.5. The number of para-hydroxylation sites is 6. The minimum absolute atomic E-state index is 0.00476. The lowest BCUT2D eigenvalue weighted by atomic mass is 9.29. The maximum absolute atomic E-state index is 7.30. The minimum Gasteiger partial charge on any atom is -0.458 e. The number of benzene rings is 9. The number of rotatable bonds is 3. The summed E-state index contributed by atoms with van der Waals surface area (Å²) in [6.07, 6.45) is 0. The average Bonchev–Trinajstić information content (AvgIpc) is 3.65. The van der Waals surface area contributed by atoms with Crippen LogP contribution in [0.15, 0.2) is 200 Å². The zero-order chi connectivity index (χ0) is 39.1. The second-order valence-corrected chi connectivity index (χ2v) is 16.4. The maximum atomic E-state index is 7.30. The molecule has 0 atom stereocenters. The van der Waals surface area contributed by atoms with Crippen LogP contribution in [0.25, 0.3) is 38.6 Å². The van der Waals surface area contributed by atoms with Crippen LogP contribution >= 0.6 is 0 Å². The normalized spacial score (nSPS) is 13.7. The second kappa shape index (κ2) is 11.9. The fraction of sp³-hybridized carbons (Fsp3) is 0. The van der Waals surface area contributed by atoms with E-state index < -0.39 is 0 Å². The van der Waals surface area contributed by atoms with Gasteiger partial charge in [-0.25, -0.2) is 0 Å². The second-order valence-electron chi connectivity index (χ2n) is 16.4. The first-order valence-electron chi connectivity index (χ1n) is 20.8. The van der Waals surface area contributed by atoms with Gasteiger partial charge in [0.05, 0.1) is 11.0 Å². The van der Waals surface area contributed by atoms with Crippen LogP contribution in [0.1, 0.15) is 0 Å². The third-order valence-corrected chi connectivity index (χ3v) is 13.4. The molecular formula is C54H33B2N3O. The highest BCUT2D eigenvalue weighted by Gasteiger charge is 2.50. The van der Waals surface area contributed by atoms with Crippen molar-refractivity contribution >= 4 is 102 Å². The van der Waals surface area contributed by atoms with E-state index in [1.54, 1.807) is 0 Å². The molecule has 0 N–H and O–H groups in total. The van der Waals surface area contributed by atoms with Crippen LogP contribution in [0.5, 0.6) is 11.5 Å². The molecule has 0 fully saturated rings. The molecule has 60 heavy (non-hydrogen) atoms. The van der Waals surface area contributed by atoms with Crippen LogP contribution in [0.3, 0.4) is 0 Å². The van der Waals surface area contributed by atoms with Crippen molar-refractivity contribution in [2.75, 3.05) is 9.80 Å². The van der Waals surface area contributed by atoms with Crippen LogP contribution in [0.4, 0.5) is 34.1 Å². The Morgan fingerprint density at radius 3 is 1.62 bits per heavy atom. The Kier molecular flexibility index (Phi) is 6.42. The van der Waals surface area contributed by atoms with Crippen molar-refractivity contribution < 1.29 is 4.74 Å². The summed E-state index contributed by atoms with van der Waals surface area (Å²) in [6, 6.07) is 73.4. The molecule has 0 radical (unpaired) electrons. The predicted molar refractivity (Wildman–Crippen MR) is 251 cm³/mol. The van der Waals surface area contributed by atoms with Crippen LogP contribution in [0.2, 0.25) is 0 Å². The van der Waals surface area contributed by atoms with Gasteiger partial charge < -0.3 is 19.1 Å². The Bertz CT molecular complexity index is 3440. The molecule has 10 aromatic rings. The molecule has 0 bridgehead atoms. The first kappa shape index (κ1) is 32.3. The monoisotopic (exact) mass is 761 g/mol. The fourth-order valence-corrected chi connectivity index (χ4v) is 11.0. The average molecular weight is 762 g/mol. The van der Waals surface area contributed by atoms with Gasteiger partial charge in [-0.15, -0.1) is 0 Å². The van der Waals surface area contributed by atoms with Crippen LogP contribution in [0, 0.1) is 0 Å². The third-order valence-electron chi connectivity index (χ3n) is 13.4. The molecule has 0 saturated heterocycles. The lowest BCUT2D eigenvalue weighted by Crippen LogP contribution is -2.67. The van der Waals surface area contributed by atoms with Crippen molar-refractivity contribution in [1.82, 2.24) is 4.57 Å². The van der Waals surface area contributed by atoms with Gasteiger partial charge in [-0.3, -0.25) is 0 Å². The number of ether oxygens (including phenoxy) is 1. The van der Waals surface area contributed by atoms with E-state index in [0.29, 0.717) is 0 Å². The number of hydrogen-bond donors (Lipinski definition) is 0. The van der Waals surface area contributed by atoms with Gasteiger partial charge in [-0.2, -0.15) is 0 Å². The minimum atomic E-state index is 0.00476. The largest absolute Gasteiger partial charge is 0.458 e. The molecule has 4 nitrogen and oxygen atoms in total. The quantitative estimate of drug-likeness (QED) is 0.168. The molecule has 4 aliphatic rings. The highest BCUT2D eigenvalue weighted by Crippen LogP contribution is 2.48. The summed E-state index contributed by atoms with van der Waals surface area (Å²) in [5.41, 5.74) is 20.8. The van der Waals surface area contributed by atoms with Crippen molar-refractivity contribution in [3.63, 3.8) is 0 Å². The van der Waals surface area contributed by atoms with Gasteiger partial charge in [-0.05, 0) is 111 Å². The molecular weight excluding hydrogens is 728 g/mol. The Balaban J connectivity index is 1.00. The Labute approximate surface area is 348 Å². The number of hydrogen-bond acceptors (Lipinski definition) is 3. The summed E-state index contributed by atoms with van der Waals surface area (Å²) in [4.78, 5) is 4.99. The first-order chi connectivity index (χ1) is 29.8. The van der Waals surface area contributed by atoms with E-state index in [2.05, 4.69) is 215 Å². The Hall–Kier alpha value is -7.69. The summed E-state index contributed by atoms with van der Waals surface area (Å²) in [5.74, 6) is 1.82. The highest BCUT2D eigenvalue weighted by molar-refractivity contribution is 7.04. The standard InChI is InChI=1S/C54H33B2N3O/c1-3-15-36(16-4-1)57-44-23-11-7-19-38(44)39-31-34(28-30-45(39)57)35-27-29-43-50(32-35)60-51-33-49-52-54-53(51)56(43)42-22-10-14-26-48(42)59(54)47-25-13-9-21-41(47)55(52)40-20-8-12-24-46(40)58(49)37-17-5-2-6-18-37/h1-33H. The summed E-state index contributed by atoms with van der Waals surface area (Å²) in [5, 5.41) is 2.48. The molecule has 6 heteroatoms. The molecule has 9 aromatic carbocycles. The first-order valence-corrected chi connectivity index (χ1v) is 20.8. The van der Waals surface area contributed by atoms with Crippen LogP contribution in [-0.4, -0.2) is 18.0 Å². The van der Waals surface area contributed by atoms with E-state index in [1.165, 1.54) is 77.3 Å². The highest BCUT2D eigenvalue weighted by atomic mass is 16.5. The van der Waals surface area contributed by atoms with E-state index in [-0.39, 0.29) is 13.4 Å². The summed E-state index contributed by atoms with van der Waals surface area (Å²) in [6.45, 7) is 0.0755. The topological polar surface area (TPSA) is 20.6 Å². The number of nitrogens with zero attached hydrogens (tertiary/aromatic N) is 3. The van der Waals surface area contributed by atoms with Crippen molar-refractivity contribution in [3.05, 3.63) is 200 Å². The molecule has 276 valence electrons. The van der Waals surface area contributed by atoms with Gasteiger partial charge in [0.15, 0.2) is 0 Å². The molecule has 0 spiro atoms. The SMILES string of the molecule is c1ccc(N2c3ccccc3B3c4ccccc4N4c5ccccc5B5c6ccc(-c7ccc8c(c7)c7ccccc7n8-c7ccccc7)cc6Oc6cc2c3c4c65)cc1. The zero-order valence-electron chi connectivity index (χ0n) is 32.5. The number of anilines is 6. The molecule has 0 aliphatic carbocycles. The lowest BCUT2D eigenvalue weighted by Gasteiger charge is -2.49. The van der Waals surface area contributed by atoms with Crippen molar-refractivity contribution in [1.29, 1.82) is 0 Å². The molecule has 14 rings (SSSR count). The third kappa shape index (κ3) is 4.22. The van der Waals surface area contributed by atoms with E-state index in [1.807, 2.05) is 0 Å². The van der Waals surface area contributed by atoms with E-state index >= 15 is 0 Å². The van der Waals surface area contributed by atoms with Gasteiger partial charge in [0.1, 0.15) is 11.5 Å². The van der Waals surface area contributed by atoms with Gasteiger partial charge in [0, 0.05) is 56.7 Å². The molecule has 0 saturated carbocycles. The molecule has 1 aromatic heterocycles. The fourth-order valence-electron chi connectivity index (χ4n) is 11.0. The van der Waals surface area contributed by atoms with Gasteiger partial charge in [0.2, 0.25) is 0 Å². The van der Waals surface area contributed by atoms with Crippen LogP contribution in [-0.2, 0) is 0 Å². The molecule has 4 aliphatic heterocycles. The van der Waals surface area contributed by atoms with Crippen LogP contribution < -0.4 is 47.3 Å². The Morgan fingerprint density at radius 2 is 0.900 bits per heavy atom. The van der Waals surface area contributed by atoms with Crippen molar-refractivity contribution in [3.8, 4) is 28.3 Å². The molecule has 0 amide bonds. The lowest BCUT2D eigenvalue weighted by molar-refractivity contribution is 0.488. The predicted octanol–water partition coefficient (Wildman–Crippen LogP) is 9.47. The summed E-state index contributed by atoms with van der Waals surface area (Å²) >= 11 is 0. The van der Waals surface area contributed by atoms with E-state index in [9.17, 15) is 0 Å². The smallest absolute Gasteiger partial charge is 0.256 e.